The number of nitrogens with one attached hydrogen (secondary N) is 1. The summed E-state index contributed by atoms with van der Waals surface area (Å²) < 4.78 is 25.8. The van der Waals surface area contributed by atoms with E-state index >= 15 is 0 Å². The minimum Gasteiger partial charge on any atom is -0.338 e. The zero-order valence-electron chi connectivity index (χ0n) is 17.5. The Hall–Kier alpha value is -2.71. The number of nitrogens with zero attached hydrogens (tertiary/aromatic N) is 2. The smallest absolute Gasteiger partial charge is 0.253 e. The van der Waals surface area contributed by atoms with Crippen molar-refractivity contribution in [2.75, 3.05) is 32.5 Å². The van der Waals surface area contributed by atoms with Crippen molar-refractivity contribution in [2.24, 2.45) is 5.92 Å². The lowest BCUT2D eigenvalue weighted by Crippen LogP contribution is -2.43. The summed E-state index contributed by atoms with van der Waals surface area (Å²) in [4.78, 5) is 27.4. The summed E-state index contributed by atoms with van der Waals surface area (Å²) >= 11 is 0. The van der Waals surface area contributed by atoms with E-state index in [0.717, 1.165) is 16.3 Å². The van der Waals surface area contributed by atoms with Crippen LogP contribution in [0.5, 0.6) is 0 Å². The third kappa shape index (κ3) is 4.88. The zero-order chi connectivity index (χ0) is 21.9. The number of benzene rings is 2. The number of sulfonamides is 1. The predicted octanol–water partition coefficient (Wildman–Crippen LogP) is 2.74. The lowest BCUT2D eigenvalue weighted by molar-refractivity contribution is -0.121. The summed E-state index contributed by atoms with van der Waals surface area (Å²) in [6.45, 7) is 2.93. The number of piperidine rings is 1. The fourth-order valence-corrected chi connectivity index (χ4v) is 4.39. The van der Waals surface area contributed by atoms with E-state index in [9.17, 15) is 18.0 Å². The molecule has 0 aliphatic carbocycles. The molecule has 0 spiro atoms. The molecule has 2 amide bonds. The van der Waals surface area contributed by atoms with Crippen LogP contribution in [0.1, 0.15) is 28.8 Å². The number of amides is 2. The van der Waals surface area contributed by atoms with Gasteiger partial charge in [0, 0.05) is 38.4 Å². The van der Waals surface area contributed by atoms with Gasteiger partial charge in [-0.05, 0) is 50.1 Å². The number of carbonyl (C=O) groups is 2. The van der Waals surface area contributed by atoms with Gasteiger partial charge in [0.05, 0.1) is 10.8 Å². The fourth-order valence-electron chi connectivity index (χ4n) is 3.44. The molecular formula is C22H27N3O4S. The van der Waals surface area contributed by atoms with Gasteiger partial charge in [0.25, 0.3) is 5.91 Å². The standard InChI is InChI=1S/C22H27N3O4S/c1-16-9-11-17(12-10-16)22(27)25-13-5-6-18(15-25)21(26)23-19-7-4-8-20(14-19)30(28,29)24(2)3/h4,7-12,14,18H,5-6,13,15H2,1-3H3,(H,23,26). The van der Waals surface area contributed by atoms with E-state index in [1.807, 2.05) is 19.1 Å². The van der Waals surface area contributed by atoms with Crippen LogP contribution in [0.15, 0.2) is 53.4 Å². The van der Waals surface area contributed by atoms with Crippen molar-refractivity contribution in [3.05, 3.63) is 59.7 Å². The highest BCUT2D eigenvalue weighted by Gasteiger charge is 2.29. The molecule has 160 valence electrons. The quantitative estimate of drug-likeness (QED) is 0.792. The first-order valence-corrected chi connectivity index (χ1v) is 11.3. The van der Waals surface area contributed by atoms with Gasteiger partial charge in [-0.3, -0.25) is 9.59 Å². The Morgan fingerprint density at radius 3 is 2.47 bits per heavy atom. The molecule has 0 radical (unpaired) electrons. The summed E-state index contributed by atoms with van der Waals surface area (Å²) in [7, 11) is -0.664. The van der Waals surface area contributed by atoms with Crippen LogP contribution in [0.25, 0.3) is 0 Å². The third-order valence-electron chi connectivity index (χ3n) is 5.26. The molecule has 8 heteroatoms. The molecule has 1 aliphatic rings. The van der Waals surface area contributed by atoms with E-state index in [0.29, 0.717) is 30.8 Å². The van der Waals surface area contributed by atoms with Crippen molar-refractivity contribution in [1.29, 1.82) is 0 Å². The summed E-state index contributed by atoms with van der Waals surface area (Å²) in [6, 6.07) is 13.6. The van der Waals surface area contributed by atoms with E-state index < -0.39 is 10.0 Å². The summed E-state index contributed by atoms with van der Waals surface area (Å²) in [5.74, 6) is -0.635. The highest BCUT2D eigenvalue weighted by Crippen LogP contribution is 2.22. The number of aryl methyl sites for hydroxylation is 1. The first-order chi connectivity index (χ1) is 14.2. The van der Waals surface area contributed by atoms with Gasteiger partial charge in [-0.2, -0.15) is 0 Å². The predicted molar refractivity (Wildman–Crippen MR) is 116 cm³/mol. The second-order valence-electron chi connectivity index (χ2n) is 7.76. The number of rotatable bonds is 5. The lowest BCUT2D eigenvalue weighted by atomic mass is 9.96. The van der Waals surface area contributed by atoms with E-state index in [-0.39, 0.29) is 22.6 Å². The Balaban J connectivity index is 1.69. The van der Waals surface area contributed by atoms with Crippen LogP contribution in [0.4, 0.5) is 5.69 Å². The average molecular weight is 430 g/mol. The zero-order valence-corrected chi connectivity index (χ0v) is 18.3. The largest absolute Gasteiger partial charge is 0.338 e. The molecule has 0 bridgehead atoms. The van der Waals surface area contributed by atoms with E-state index in [1.165, 1.54) is 26.2 Å². The maximum absolute atomic E-state index is 12.8. The monoisotopic (exact) mass is 429 g/mol. The van der Waals surface area contributed by atoms with Crippen LogP contribution in [0, 0.1) is 12.8 Å². The normalized spacial score (nSPS) is 17.1. The Kier molecular flexibility index (Phi) is 6.58. The topological polar surface area (TPSA) is 86.8 Å². The van der Waals surface area contributed by atoms with Crippen LogP contribution in [-0.2, 0) is 14.8 Å². The van der Waals surface area contributed by atoms with Crippen LogP contribution in [0.3, 0.4) is 0 Å². The first kappa shape index (κ1) is 22.0. The molecular weight excluding hydrogens is 402 g/mol. The second-order valence-corrected chi connectivity index (χ2v) is 9.91. The highest BCUT2D eigenvalue weighted by molar-refractivity contribution is 7.89. The van der Waals surface area contributed by atoms with Gasteiger partial charge >= 0.3 is 0 Å². The molecule has 1 saturated heterocycles. The molecule has 0 aromatic heterocycles. The molecule has 7 nitrogen and oxygen atoms in total. The molecule has 1 atom stereocenters. The van der Waals surface area contributed by atoms with Crippen LogP contribution < -0.4 is 5.32 Å². The Morgan fingerprint density at radius 2 is 1.80 bits per heavy atom. The Bertz CT molecular complexity index is 1030. The van der Waals surface area contributed by atoms with Gasteiger partial charge in [0.2, 0.25) is 15.9 Å². The number of hydrogen-bond acceptors (Lipinski definition) is 4. The van der Waals surface area contributed by atoms with Crippen molar-refractivity contribution < 1.29 is 18.0 Å². The minimum absolute atomic E-state index is 0.0772. The number of anilines is 1. The summed E-state index contributed by atoms with van der Waals surface area (Å²) in [5, 5.41) is 2.81. The van der Waals surface area contributed by atoms with Gasteiger partial charge in [-0.15, -0.1) is 0 Å². The maximum atomic E-state index is 12.8. The SMILES string of the molecule is Cc1ccc(C(=O)N2CCCC(C(=O)Nc3cccc(S(=O)(=O)N(C)C)c3)C2)cc1. The molecule has 1 N–H and O–H groups in total. The first-order valence-electron chi connectivity index (χ1n) is 9.88. The van der Waals surface area contributed by atoms with Crippen molar-refractivity contribution in [3.8, 4) is 0 Å². The molecule has 2 aromatic rings. The van der Waals surface area contributed by atoms with Gasteiger partial charge in [-0.25, -0.2) is 12.7 Å². The van der Waals surface area contributed by atoms with Crippen LogP contribution in [0.2, 0.25) is 0 Å². The van der Waals surface area contributed by atoms with Crippen molar-refractivity contribution in [3.63, 3.8) is 0 Å². The number of carbonyl (C=O) groups excluding carboxylic acids is 2. The Labute approximate surface area is 177 Å². The van der Waals surface area contributed by atoms with E-state index in [1.54, 1.807) is 29.2 Å². The van der Waals surface area contributed by atoms with Crippen molar-refractivity contribution >= 4 is 27.5 Å². The summed E-state index contributed by atoms with van der Waals surface area (Å²) in [6.07, 6.45) is 1.42. The number of likely N-dealkylation sites (tertiary alicyclic amines) is 1. The molecule has 0 saturated carbocycles. The third-order valence-corrected chi connectivity index (χ3v) is 7.07. The molecule has 1 aliphatic heterocycles. The van der Waals surface area contributed by atoms with Crippen LogP contribution in [-0.4, -0.2) is 56.6 Å². The molecule has 1 fully saturated rings. The highest BCUT2D eigenvalue weighted by atomic mass is 32.2. The molecule has 2 aromatic carbocycles. The van der Waals surface area contributed by atoms with Gasteiger partial charge in [0.1, 0.15) is 0 Å². The fraction of sp³-hybridized carbons (Fsp3) is 0.364. The van der Waals surface area contributed by atoms with Gasteiger partial charge < -0.3 is 10.2 Å². The molecule has 1 heterocycles. The molecule has 30 heavy (non-hydrogen) atoms. The average Bonchev–Trinajstić information content (AvgIpc) is 2.74. The lowest BCUT2D eigenvalue weighted by Gasteiger charge is -2.32. The van der Waals surface area contributed by atoms with Gasteiger partial charge in [-0.1, -0.05) is 23.8 Å². The Morgan fingerprint density at radius 1 is 1.10 bits per heavy atom. The van der Waals surface area contributed by atoms with Crippen molar-refractivity contribution in [2.45, 2.75) is 24.7 Å². The maximum Gasteiger partial charge on any atom is 0.253 e. The minimum atomic E-state index is -3.58. The van der Waals surface area contributed by atoms with Gasteiger partial charge in [0.15, 0.2) is 0 Å². The summed E-state index contributed by atoms with van der Waals surface area (Å²) in [5.41, 5.74) is 2.12. The van der Waals surface area contributed by atoms with Crippen molar-refractivity contribution in [1.82, 2.24) is 9.21 Å². The van der Waals surface area contributed by atoms with Crippen LogP contribution >= 0.6 is 0 Å². The number of hydrogen-bond donors (Lipinski definition) is 1. The molecule has 1 unspecified atom stereocenters. The van der Waals surface area contributed by atoms with E-state index in [2.05, 4.69) is 5.32 Å². The molecule has 3 rings (SSSR count). The van der Waals surface area contributed by atoms with E-state index in [4.69, 9.17) is 0 Å². The second kappa shape index (κ2) is 8.97.